The van der Waals surface area contributed by atoms with E-state index in [4.69, 9.17) is 9.72 Å². The number of benzene rings is 3. The van der Waals surface area contributed by atoms with Crippen LogP contribution < -0.4 is 15.8 Å². The third-order valence-corrected chi connectivity index (χ3v) is 7.84. The second-order valence-corrected chi connectivity index (χ2v) is 10.5. The van der Waals surface area contributed by atoms with E-state index >= 15 is 0 Å². The second-order valence-electron chi connectivity index (χ2n) is 10.5. The number of nitrogens with one attached hydrogen (secondary N) is 1. The Morgan fingerprint density at radius 1 is 1.05 bits per heavy atom. The molecule has 1 unspecified atom stereocenters. The summed E-state index contributed by atoms with van der Waals surface area (Å²) in [4.78, 5) is 33.5. The highest BCUT2D eigenvalue weighted by Gasteiger charge is 2.29. The number of nitrogens with zero attached hydrogens (tertiary/aromatic N) is 3. The highest BCUT2D eigenvalue weighted by molar-refractivity contribution is 5.94. The molecular formula is C31H32N4O4. The van der Waals surface area contributed by atoms with E-state index in [-0.39, 0.29) is 23.2 Å². The smallest absolute Gasteiger partial charge is 0.337 e. The molecule has 1 atom stereocenters. The lowest BCUT2D eigenvalue weighted by Gasteiger charge is -2.30. The first-order chi connectivity index (χ1) is 18.9. The number of aromatic carboxylic acids is 1. The number of carboxylic acids is 1. The summed E-state index contributed by atoms with van der Waals surface area (Å²) in [6, 6.07) is 18.9. The first kappa shape index (κ1) is 25.1. The van der Waals surface area contributed by atoms with Gasteiger partial charge in [-0.25, -0.2) is 9.78 Å². The molecule has 0 spiro atoms. The fourth-order valence-electron chi connectivity index (χ4n) is 5.88. The summed E-state index contributed by atoms with van der Waals surface area (Å²) in [5.41, 5.74) is 5.64. The summed E-state index contributed by atoms with van der Waals surface area (Å²) in [6.07, 6.45) is 1.53. The van der Waals surface area contributed by atoms with Gasteiger partial charge in [0, 0.05) is 43.6 Å². The highest BCUT2D eigenvalue weighted by atomic mass is 16.5. The van der Waals surface area contributed by atoms with Gasteiger partial charge in [0.2, 0.25) is 5.95 Å². The number of carboxylic acid groups (broad SMARTS) is 1. The Bertz CT molecular complexity index is 1600. The van der Waals surface area contributed by atoms with E-state index in [2.05, 4.69) is 22.3 Å². The molecule has 3 heterocycles. The van der Waals surface area contributed by atoms with E-state index in [9.17, 15) is 14.7 Å². The normalized spacial score (nSPS) is 16.3. The van der Waals surface area contributed by atoms with Crippen LogP contribution in [0.5, 0.6) is 0 Å². The number of hydrogen-bond donors (Lipinski definition) is 2. The zero-order valence-electron chi connectivity index (χ0n) is 22.2. The predicted molar refractivity (Wildman–Crippen MR) is 152 cm³/mol. The van der Waals surface area contributed by atoms with Crippen LogP contribution in [0.15, 0.2) is 65.5 Å². The minimum atomic E-state index is -0.993. The van der Waals surface area contributed by atoms with Gasteiger partial charge < -0.3 is 20.1 Å². The van der Waals surface area contributed by atoms with Crippen molar-refractivity contribution in [2.75, 3.05) is 23.4 Å². The number of rotatable bonds is 6. The van der Waals surface area contributed by atoms with Gasteiger partial charge in [-0.05, 0) is 61.6 Å². The Morgan fingerprint density at radius 2 is 1.72 bits per heavy atom. The molecule has 4 aromatic rings. The summed E-state index contributed by atoms with van der Waals surface area (Å²) in [7, 11) is 0. The maximum Gasteiger partial charge on any atom is 0.337 e. The number of aryl methyl sites for hydroxylation is 1. The number of hydrogen-bond acceptors (Lipinski definition) is 6. The van der Waals surface area contributed by atoms with Gasteiger partial charge in [-0.3, -0.25) is 9.36 Å². The summed E-state index contributed by atoms with van der Waals surface area (Å²) < 4.78 is 7.52. The Kier molecular flexibility index (Phi) is 6.56. The van der Waals surface area contributed by atoms with Crippen LogP contribution in [0, 0.1) is 6.92 Å². The lowest BCUT2D eigenvalue weighted by molar-refractivity contribution is 0.0687. The van der Waals surface area contributed by atoms with E-state index in [1.165, 1.54) is 11.1 Å². The molecule has 1 saturated heterocycles. The van der Waals surface area contributed by atoms with Crippen LogP contribution >= 0.6 is 0 Å². The van der Waals surface area contributed by atoms with Crippen LogP contribution in [0.4, 0.5) is 11.6 Å². The Balaban J connectivity index is 1.50. The van der Waals surface area contributed by atoms with Crippen LogP contribution in [0.3, 0.4) is 0 Å². The summed E-state index contributed by atoms with van der Waals surface area (Å²) >= 11 is 0. The fourth-order valence-corrected chi connectivity index (χ4v) is 5.88. The molecule has 0 saturated carbocycles. The summed E-state index contributed by atoms with van der Waals surface area (Å²) in [5.74, 6) is -0.313. The lowest BCUT2D eigenvalue weighted by Crippen LogP contribution is -2.35. The van der Waals surface area contributed by atoms with Gasteiger partial charge in [0.05, 0.1) is 22.5 Å². The van der Waals surface area contributed by atoms with Crippen molar-refractivity contribution >= 4 is 28.5 Å². The highest BCUT2D eigenvalue weighted by Crippen LogP contribution is 2.34. The lowest BCUT2D eigenvalue weighted by atomic mass is 10.00. The van der Waals surface area contributed by atoms with Crippen molar-refractivity contribution in [3.05, 3.63) is 98.8 Å². The van der Waals surface area contributed by atoms with Crippen LogP contribution in [-0.4, -0.2) is 33.8 Å². The van der Waals surface area contributed by atoms with Crippen molar-refractivity contribution in [1.29, 1.82) is 0 Å². The number of carbonyl (C=O) groups is 1. The van der Waals surface area contributed by atoms with Crippen LogP contribution in [0.1, 0.15) is 64.5 Å². The van der Waals surface area contributed by atoms with Gasteiger partial charge in [0.1, 0.15) is 0 Å². The number of anilines is 2. The number of fused-ring (bicyclic) bond motifs is 2. The Morgan fingerprint density at radius 3 is 2.41 bits per heavy atom. The molecule has 0 amide bonds. The molecule has 3 aromatic carbocycles. The van der Waals surface area contributed by atoms with Crippen molar-refractivity contribution in [1.82, 2.24) is 9.55 Å². The molecular weight excluding hydrogens is 492 g/mol. The number of ether oxygens (including phenoxy) is 1. The molecule has 1 fully saturated rings. The number of para-hydroxylation sites is 1. The molecule has 39 heavy (non-hydrogen) atoms. The predicted octanol–water partition coefficient (Wildman–Crippen LogP) is 5.45. The molecule has 6 rings (SSSR count). The van der Waals surface area contributed by atoms with E-state index in [1.807, 2.05) is 48.7 Å². The molecule has 2 N–H and O–H groups in total. The average molecular weight is 525 g/mol. The molecule has 200 valence electrons. The van der Waals surface area contributed by atoms with Gasteiger partial charge in [0.15, 0.2) is 0 Å². The third kappa shape index (κ3) is 4.65. The molecule has 2 aliphatic rings. The van der Waals surface area contributed by atoms with E-state index in [0.717, 1.165) is 24.0 Å². The number of aromatic nitrogens is 2. The Hall–Kier alpha value is -4.17. The van der Waals surface area contributed by atoms with Gasteiger partial charge in [-0.15, -0.1) is 0 Å². The minimum Gasteiger partial charge on any atom is -0.478 e. The maximum atomic E-state index is 14.3. The first-order valence-electron chi connectivity index (χ1n) is 13.5. The second kappa shape index (κ2) is 10.2. The van der Waals surface area contributed by atoms with Crippen molar-refractivity contribution in [2.24, 2.45) is 0 Å². The van der Waals surface area contributed by atoms with E-state index in [1.54, 1.807) is 18.2 Å². The molecule has 2 aliphatic heterocycles. The zero-order valence-corrected chi connectivity index (χ0v) is 22.2. The van der Waals surface area contributed by atoms with Gasteiger partial charge in [-0.2, -0.15) is 0 Å². The van der Waals surface area contributed by atoms with Crippen molar-refractivity contribution in [2.45, 2.75) is 51.9 Å². The fraction of sp³-hybridized carbons (Fsp3) is 0.323. The van der Waals surface area contributed by atoms with Crippen LogP contribution in [-0.2, 0) is 17.8 Å². The topological polar surface area (TPSA) is 96.7 Å². The van der Waals surface area contributed by atoms with E-state index < -0.39 is 5.97 Å². The van der Waals surface area contributed by atoms with Crippen molar-refractivity contribution < 1.29 is 14.6 Å². The first-order valence-corrected chi connectivity index (χ1v) is 13.5. The average Bonchev–Trinajstić information content (AvgIpc) is 3.38. The van der Waals surface area contributed by atoms with Crippen molar-refractivity contribution in [3.8, 4) is 0 Å². The molecule has 8 heteroatoms. The summed E-state index contributed by atoms with van der Waals surface area (Å²) in [6.45, 7) is 6.58. The van der Waals surface area contributed by atoms with Gasteiger partial charge >= 0.3 is 5.97 Å². The third-order valence-electron chi connectivity index (χ3n) is 7.84. The summed E-state index contributed by atoms with van der Waals surface area (Å²) in [5, 5.41) is 13.6. The zero-order chi connectivity index (χ0) is 27.1. The van der Waals surface area contributed by atoms with Crippen molar-refractivity contribution in [3.63, 3.8) is 0 Å². The van der Waals surface area contributed by atoms with Crippen LogP contribution in [0.25, 0.3) is 10.9 Å². The van der Waals surface area contributed by atoms with Gasteiger partial charge in [0.25, 0.3) is 5.56 Å². The molecule has 0 bridgehead atoms. The molecule has 0 radical (unpaired) electrons. The Labute approximate surface area is 226 Å². The molecule has 1 aromatic heterocycles. The molecule has 8 nitrogen and oxygen atoms in total. The SMILES string of the molecule is Cc1cc(C(C)Nc2ccccc2C(=O)O)c2nc(N3Cc4ccccc4C3)n(C3CCOCC3)c(=O)c2c1. The van der Waals surface area contributed by atoms with Crippen LogP contribution in [0.2, 0.25) is 0 Å². The van der Waals surface area contributed by atoms with Gasteiger partial charge in [-0.1, -0.05) is 42.5 Å². The quantitative estimate of drug-likeness (QED) is 0.346. The largest absolute Gasteiger partial charge is 0.478 e. The molecule has 0 aliphatic carbocycles. The minimum absolute atomic E-state index is 0.0174. The monoisotopic (exact) mass is 524 g/mol. The van der Waals surface area contributed by atoms with E-state index in [0.29, 0.717) is 48.8 Å². The maximum absolute atomic E-state index is 14.3. The standard InChI is InChI=1S/C31H32N4O4/c1-19-15-25(20(2)32-27-10-6-5-9-24(27)30(37)38)28-26(16-19)29(36)35(23-11-13-39-14-12-23)31(33-28)34-17-21-7-3-4-8-22(21)18-34/h3-10,15-16,20,23,32H,11-14,17-18H2,1-2H3,(H,37,38).